The van der Waals surface area contributed by atoms with Crippen molar-refractivity contribution in [3.05, 3.63) is 81.8 Å². The number of carbonyl (C=O) groups is 1. The first-order valence-corrected chi connectivity index (χ1v) is 9.54. The monoisotopic (exact) mass is 409 g/mol. The van der Waals surface area contributed by atoms with Crippen molar-refractivity contribution < 1.29 is 4.79 Å². The minimum absolute atomic E-state index is 0.0797. The van der Waals surface area contributed by atoms with E-state index in [0.29, 0.717) is 16.5 Å². The van der Waals surface area contributed by atoms with Gasteiger partial charge in [-0.05, 0) is 66.6 Å². The molecular weight excluding hydrogens is 393 g/mol. The van der Waals surface area contributed by atoms with Gasteiger partial charge in [-0.15, -0.1) is 0 Å². The third-order valence-corrected chi connectivity index (χ3v) is 5.14. The van der Waals surface area contributed by atoms with Crippen molar-refractivity contribution in [1.29, 1.82) is 0 Å². The number of benzene rings is 3. The Balaban J connectivity index is 1.47. The van der Waals surface area contributed by atoms with Gasteiger partial charge in [0.25, 0.3) is 0 Å². The maximum Gasteiger partial charge on any atom is 0.228 e. The Hall–Kier alpha value is -2.82. The van der Waals surface area contributed by atoms with Crippen LogP contribution < -0.4 is 5.32 Å². The van der Waals surface area contributed by atoms with E-state index in [9.17, 15) is 4.79 Å². The van der Waals surface area contributed by atoms with Gasteiger partial charge in [0.1, 0.15) is 5.82 Å². The molecule has 4 nitrogen and oxygen atoms in total. The molecule has 0 unspecified atom stereocenters. The molecule has 0 radical (unpaired) electrons. The molecule has 28 heavy (non-hydrogen) atoms. The third kappa shape index (κ3) is 4.03. The van der Waals surface area contributed by atoms with Gasteiger partial charge >= 0.3 is 0 Å². The molecule has 2 N–H and O–H groups in total. The zero-order chi connectivity index (χ0) is 19.7. The van der Waals surface area contributed by atoms with Crippen LogP contribution in [0.4, 0.5) is 5.69 Å². The summed E-state index contributed by atoms with van der Waals surface area (Å²) >= 11 is 12.0. The molecule has 0 aliphatic heterocycles. The number of anilines is 1. The number of hydrogen-bond donors (Lipinski definition) is 2. The van der Waals surface area contributed by atoms with E-state index < -0.39 is 0 Å². The molecule has 4 rings (SSSR count). The Morgan fingerprint density at radius 2 is 1.75 bits per heavy atom. The molecule has 1 aromatic heterocycles. The summed E-state index contributed by atoms with van der Waals surface area (Å²) in [4.78, 5) is 20.1. The number of H-pyrrole nitrogens is 1. The fourth-order valence-corrected chi connectivity index (χ4v) is 3.26. The molecule has 0 bridgehead atoms. The largest absolute Gasteiger partial charge is 0.338 e. The number of aromatic amines is 1. The predicted octanol–water partition coefficient (Wildman–Crippen LogP) is 6.03. The Morgan fingerprint density at radius 3 is 2.46 bits per heavy atom. The van der Waals surface area contributed by atoms with E-state index in [2.05, 4.69) is 15.3 Å². The molecule has 3 aromatic carbocycles. The summed E-state index contributed by atoms with van der Waals surface area (Å²) in [6, 6.07) is 18.7. The minimum Gasteiger partial charge on any atom is -0.338 e. The van der Waals surface area contributed by atoms with Crippen molar-refractivity contribution in [2.24, 2.45) is 0 Å². The van der Waals surface area contributed by atoms with Crippen LogP contribution >= 0.6 is 23.2 Å². The van der Waals surface area contributed by atoms with Crippen molar-refractivity contribution in [3.63, 3.8) is 0 Å². The molecule has 0 aliphatic carbocycles. The lowest BCUT2D eigenvalue weighted by atomic mass is 10.1. The molecule has 1 heterocycles. The SMILES string of the molecule is Cc1cc2[nH]c(-c3ccc(NC(=O)Cc4ccc(Cl)cc4)cc3)nc2cc1Cl. The number of aromatic nitrogens is 2. The highest BCUT2D eigenvalue weighted by Crippen LogP contribution is 2.26. The van der Waals surface area contributed by atoms with Crippen LogP contribution in [-0.4, -0.2) is 15.9 Å². The van der Waals surface area contributed by atoms with Gasteiger partial charge in [-0.3, -0.25) is 4.79 Å². The second-order valence-corrected chi connectivity index (χ2v) is 7.48. The van der Waals surface area contributed by atoms with Gasteiger partial charge in [0.2, 0.25) is 5.91 Å². The number of halogens is 2. The summed E-state index contributed by atoms with van der Waals surface area (Å²) in [5, 5.41) is 4.26. The van der Waals surface area contributed by atoms with Crippen molar-refractivity contribution >= 4 is 45.8 Å². The Labute approximate surface area is 172 Å². The van der Waals surface area contributed by atoms with Gasteiger partial charge < -0.3 is 10.3 Å². The third-order valence-electron chi connectivity index (χ3n) is 4.48. The van der Waals surface area contributed by atoms with Crippen LogP contribution in [-0.2, 0) is 11.2 Å². The number of nitrogens with zero attached hydrogens (tertiary/aromatic N) is 1. The van der Waals surface area contributed by atoms with Crippen LogP contribution in [0.3, 0.4) is 0 Å². The highest BCUT2D eigenvalue weighted by molar-refractivity contribution is 6.32. The van der Waals surface area contributed by atoms with E-state index >= 15 is 0 Å². The molecule has 0 saturated heterocycles. The van der Waals surface area contributed by atoms with E-state index in [4.69, 9.17) is 23.2 Å². The quantitative estimate of drug-likeness (QED) is 0.432. The molecule has 140 valence electrons. The molecule has 0 spiro atoms. The molecule has 0 saturated carbocycles. The highest BCUT2D eigenvalue weighted by atomic mass is 35.5. The lowest BCUT2D eigenvalue weighted by Crippen LogP contribution is -2.14. The van der Waals surface area contributed by atoms with Gasteiger partial charge in [0.05, 0.1) is 17.5 Å². The summed E-state index contributed by atoms with van der Waals surface area (Å²) in [7, 11) is 0. The molecule has 4 aromatic rings. The van der Waals surface area contributed by atoms with Crippen molar-refractivity contribution in [2.45, 2.75) is 13.3 Å². The van der Waals surface area contributed by atoms with Crippen LogP contribution in [0.1, 0.15) is 11.1 Å². The van der Waals surface area contributed by atoms with Gasteiger partial charge in [0.15, 0.2) is 0 Å². The molecule has 0 atom stereocenters. The van der Waals surface area contributed by atoms with Crippen LogP contribution in [0.15, 0.2) is 60.7 Å². The van der Waals surface area contributed by atoms with Gasteiger partial charge in [-0.25, -0.2) is 4.98 Å². The topological polar surface area (TPSA) is 57.8 Å². The fraction of sp³-hybridized carbons (Fsp3) is 0.0909. The molecular formula is C22H17Cl2N3O. The zero-order valence-electron chi connectivity index (χ0n) is 15.1. The smallest absolute Gasteiger partial charge is 0.228 e. The van der Waals surface area contributed by atoms with E-state index in [-0.39, 0.29) is 5.91 Å². The average molecular weight is 410 g/mol. The molecule has 6 heteroatoms. The maximum atomic E-state index is 12.2. The van der Waals surface area contributed by atoms with E-state index in [1.165, 1.54) is 0 Å². The number of imidazole rings is 1. The van der Waals surface area contributed by atoms with Crippen LogP contribution in [0.25, 0.3) is 22.4 Å². The highest BCUT2D eigenvalue weighted by Gasteiger charge is 2.09. The Bertz CT molecular complexity index is 1110. The second kappa shape index (κ2) is 7.66. The first kappa shape index (κ1) is 18.5. The van der Waals surface area contributed by atoms with E-state index in [1.54, 1.807) is 12.1 Å². The van der Waals surface area contributed by atoms with E-state index in [1.807, 2.05) is 55.5 Å². The number of amides is 1. The number of hydrogen-bond acceptors (Lipinski definition) is 2. The molecule has 0 aliphatic rings. The summed E-state index contributed by atoms with van der Waals surface area (Å²) in [6.07, 6.45) is 0.294. The molecule has 0 fully saturated rings. The van der Waals surface area contributed by atoms with E-state index in [0.717, 1.165) is 39.2 Å². The lowest BCUT2D eigenvalue weighted by molar-refractivity contribution is -0.115. The fourth-order valence-electron chi connectivity index (χ4n) is 2.98. The summed E-state index contributed by atoms with van der Waals surface area (Å²) < 4.78 is 0. The summed E-state index contributed by atoms with van der Waals surface area (Å²) in [6.45, 7) is 1.96. The van der Waals surface area contributed by atoms with Gasteiger partial charge in [-0.2, -0.15) is 0 Å². The standard InChI is InChI=1S/C22H17Cl2N3O/c1-13-10-19-20(12-18(13)24)27-22(26-19)15-4-8-17(9-5-15)25-21(28)11-14-2-6-16(23)7-3-14/h2-10,12H,11H2,1H3,(H,25,28)(H,26,27). The van der Waals surface area contributed by atoms with Crippen LogP contribution in [0.2, 0.25) is 10.0 Å². The Kier molecular flexibility index (Phi) is 5.07. The zero-order valence-corrected chi connectivity index (χ0v) is 16.6. The second-order valence-electron chi connectivity index (χ2n) is 6.63. The number of rotatable bonds is 4. The first-order chi connectivity index (χ1) is 13.5. The van der Waals surface area contributed by atoms with Crippen molar-refractivity contribution in [2.75, 3.05) is 5.32 Å². The van der Waals surface area contributed by atoms with Crippen molar-refractivity contribution in [3.8, 4) is 11.4 Å². The minimum atomic E-state index is -0.0797. The number of nitrogens with one attached hydrogen (secondary N) is 2. The number of aryl methyl sites for hydroxylation is 1. The molecule has 1 amide bonds. The number of carbonyl (C=O) groups excluding carboxylic acids is 1. The van der Waals surface area contributed by atoms with Gasteiger partial charge in [-0.1, -0.05) is 35.3 Å². The maximum absolute atomic E-state index is 12.2. The van der Waals surface area contributed by atoms with Gasteiger partial charge in [0, 0.05) is 21.3 Å². The van der Waals surface area contributed by atoms with Crippen LogP contribution in [0.5, 0.6) is 0 Å². The normalized spacial score (nSPS) is 11.0. The van der Waals surface area contributed by atoms with Crippen LogP contribution in [0, 0.1) is 6.92 Å². The Morgan fingerprint density at radius 1 is 1.04 bits per heavy atom. The number of fused-ring (bicyclic) bond motifs is 1. The predicted molar refractivity (Wildman–Crippen MR) is 115 cm³/mol. The average Bonchev–Trinajstić information content (AvgIpc) is 3.07. The lowest BCUT2D eigenvalue weighted by Gasteiger charge is -2.06. The first-order valence-electron chi connectivity index (χ1n) is 8.78. The summed E-state index contributed by atoms with van der Waals surface area (Å²) in [5.74, 6) is 0.680. The summed E-state index contributed by atoms with van der Waals surface area (Å²) in [5.41, 5.74) is 5.35. The van der Waals surface area contributed by atoms with Crippen molar-refractivity contribution in [1.82, 2.24) is 9.97 Å².